The summed E-state index contributed by atoms with van der Waals surface area (Å²) in [5.74, 6) is -0.368. The fraction of sp³-hybridized carbons (Fsp3) is 0.182. The summed E-state index contributed by atoms with van der Waals surface area (Å²) in [7, 11) is 0. The maximum absolute atomic E-state index is 12.8. The largest absolute Gasteiger partial charge is 0.373 e. The minimum atomic E-state index is -0.368. The molecule has 0 unspecified atom stereocenters. The molecule has 0 saturated heterocycles. The van der Waals surface area contributed by atoms with Gasteiger partial charge in [0.1, 0.15) is 12.1 Å². The Kier molecular flexibility index (Phi) is 4.01. The second kappa shape index (κ2) is 5.29. The van der Waals surface area contributed by atoms with Crippen LogP contribution in [0.3, 0.4) is 0 Å². The summed E-state index contributed by atoms with van der Waals surface area (Å²) in [4.78, 5) is 10.6. The highest BCUT2D eigenvalue weighted by molar-refractivity contribution is 5.77. The molecule has 0 aliphatic rings. The highest BCUT2D eigenvalue weighted by Gasteiger charge is 2.02. The van der Waals surface area contributed by atoms with Gasteiger partial charge in [-0.2, -0.15) is 0 Å². The molecule has 14 heavy (non-hydrogen) atoms. The van der Waals surface area contributed by atoms with E-state index in [1.807, 2.05) is 0 Å². The summed E-state index contributed by atoms with van der Waals surface area (Å²) in [5, 5.41) is 0. The maximum Gasteiger partial charge on any atom is 0.150 e. The molecule has 0 aromatic heterocycles. The van der Waals surface area contributed by atoms with E-state index in [-0.39, 0.29) is 12.4 Å². The van der Waals surface area contributed by atoms with Crippen LogP contribution >= 0.6 is 0 Å². The monoisotopic (exact) mass is 194 g/mol. The molecule has 0 spiro atoms. The molecule has 1 aromatic rings. The van der Waals surface area contributed by atoms with Gasteiger partial charge in [-0.15, -0.1) is 6.58 Å². The van der Waals surface area contributed by atoms with Gasteiger partial charge < -0.3 is 4.74 Å². The molecule has 1 aromatic carbocycles. The standard InChI is InChI=1S/C11H11FO2/c1-2-5-14-8-10-6-11(12)4-3-9(10)7-13/h2-4,6-7H,1,5,8H2. The van der Waals surface area contributed by atoms with Crippen LogP contribution in [0.5, 0.6) is 0 Å². The van der Waals surface area contributed by atoms with Crippen molar-refractivity contribution in [3.8, 4) is 0 Å². The third-order valence-electron chi connectivity index (χ3n) is 1.73. The Morgan fingerprint density at radius 3 is 2.93 bits per heavy atom. The quantitative estimate of drug-likeness (QED) is 0.408. The zero-order chi connectivity index (χ0) is 10.4. The van der Waals surface area contributed by atoms with Crippen LogP contribution in [0.2, 0.25) is 0 Å². The third-order valence-corrected chi connectivity index (χ3v) is 1.73. The fourth-order valence-electron chi connectivity index (χ4n) is 1.07. The molecule has 74 valence electrons. The highest BCUT2D eigenvalue weighted by Crippen LogP contribution is 2.10. The van der Waals surface area contributed by atoms with Crippen molar-refractivity contribution in [1.29, 1.82) is 0 Å². The lowest BCUT2D eigenvalue weighted by molar-refractivity contribution is 0.111. The molecule has 1 rings (SSSR count). The maximum atomic E-state index is 12.8. The van der Waals surface area contributed by atoms with Crippen molar-refractivity contribution in [3.63, 3.8) is 0 Å². The molecule has 0 amide bonds. The van der Waals surface area contributed by atoms with Crippen LogP contribution in [0.25, 0.3) is 0 Å². The Labute approximate surface area is 82.0 Å². The van der Waals surface area contributed by atoms with Gasteiger partial charge in [0.05, 0.1) is 13.2 Å². The van der Waals surface area contributed by atoms with Crippen molar-refractivity contribution >= 4 is 6.29 Å². The Balaban J connectivity index is 2.76. The zero-order valence-corrected chi connectivity index (χ0v) is 7.70. The molecule has 0 radical (unpaired) electrons. The molecule has 0 saturated carbocycles. The van der Waals surface area contributed by atoms with E-state index >= 15 is 0 Å². The number of ether oxygens (including phenoxy) is 1. The summed E-state index contributed by atoms with van der Waals surface area (Å²) in [5.41, 5.74) is 1.01. The number of halogens is 1. The van der Waals surface area contributed by atoms with Crippen molar-refractivity contribution in [2.45, 2.75) is 6.61 Å². The zero-order valence-electron chi connectivity index (χ0n) is 7.70. The molecular weight excluding hydrogens is 183 g/mol. The lowest BCUT2D eigenvalue weighted by Crippen LogP contribution is -1.98. The first kappa shape index (κ1) is 10.6. The van der Waals surface area contributed by atoms with Crippen molar-refractivity contribution in [1.82, 2.24) is 0 Å². The molecule has 2 nitrogen and oxygen atoms in total. The average Bonchev–Trinajstić information content (AvgIpc) is 2.19. The molecule has 0 N–H and O–H groups in total. The molecule has 0 bridgehead atoms. The van der Waals surface area contributed by atoms with Crippen molar-refractivity contribution in [2.24, 2.45) is 0 Å². The van der Waals surface area contributed by atoms with Gasteiger partial charge >= 0.3 is 0 Å². The Hall–Kier alpha value is -1.48. The first-order valence-electron chi connectivity index (χ1n) is 4.20. The van der Waals surface area contributed by atoms with Crippen molar-refractivity contribution < 1.29 is 13.9 Å². The van der Waals surface area contributed by atoms with Crippen LogP contribution in [-0.2, 0) is 11.3 Å². The topological polar surface area (TPSA) is 26.3 Å². The second-order valence-corrected chi connectivity index (χ2v) is 2.76. The molecular formula is C11H11FO2. The summed E-state index contributed by atoms with van der Waals surface area (Å²) >= 11 is 0. The summed E-state index contributed by atoms with van der Waals surface area (Å²) < 4.78 is 17.9. The van der Waals surface area contributed by atoms with E-state index in [1.165, 1.54) is 18.2 Å². The Bertz CT molecular complexity index is 334. The van der Waals surface area contributed by atoms with E-state index in [0.717, 1.165) is 0 Å². The summed E-state index contributed by atoms with van der Waals surface area (Å²) in [6, 6.07) is 3.99. The molecule has 3 heteroatoms. The van der Waals surface area contributed by atoms with Crippen LogP contribution in [0.4, 0.5) is 4.39 Å². The molecule has 0 aliphatic heterocycles. The van der Waals surface area contributed by atoms with Crippen LogP contribution in [0.1, 0.15) is 15.9 Å². The summed E-state index contributed by atoms with van der Waals surface area (Å²) in [6.45, 7) is 4.09. The molecule has 0 fully saturated rings. The number of hydrogen-bond acceptors (Lipinski definition) is 2. The van der Waals surface area contributed by atoms with E-state index in [0.29, 0.717) is 24.0 Å². The van der Waals surface area contributed by atoms with Gasteiger partial charge in [-0.3, -0.25) is 4.79 Å². The number of carbonyl (C=O) groups excluding carboxylic acids is 1. The first-order chi connectivity index (χ1) is 6.77. The number of benzene rings is 1. The Morgan fingerprint density at radius 2 is 2.29 bits per heavy atom. The highest BCUT2D eigenvalue weighted by atomic mass is 19.1. The minimum Gasteiger partial charge on any atom is -0.373 e. The normalized spacial score (nSPS) is 9.79. The lowest BCUT2D eigenvalue weighted by atomic mass is 10.1. The minimum absolute atomic E-state index is 0.220. The smallest absolute Gasteiger partial charge is 0.150 e. The number of carbonyl (C=O) groups is 1. The molecule has 0 heterocycles. The predicted octanol–water partition coefficient (Wildman–Crippen LogP) is 2.34. The van der Waals surface area contributed by atoms with Crippen LogP contribution < -0.4 is 0 Å². The van der Waals surface area contributed by atoms with E-state index < -0.39 is 0 Å². The van der Waals surface area contributed by atoms with Gasteiger partial charge in [-0.25, -0.2) is 4.39 Å². The van der Waals surface area contributed by atoms with Gasteiger partial charge in [0.25, 0.3) is 0 Å². The van der Waals surface area contributed by atoms with Gasteiger partial charge in [0.2, 0.25) is 0 Å². The number of rotatable bonds is 5. The SMILES string of the molecule is C=CCOCc1cc(F)ccc1C=O. The number of hydrogen-bond donors (Lipinski definition) is 0. The second-order valence-electron chi connectivity index (χ2n) is 2.76. The average molecular weight is 194 g/mol. The van der Waals surface area contributed by atoms with E-state index in [2.05, 4.69) is 6.58 Å². The summed E-state index contributed by atoms with van der Waals surface area (Å²) in [6.07, 6.45) is 2.28. The van der Waals surface area contributed by atoms with Gasteiger partial charge in [0, 0.05) is 5.56 Å². The lowest BCUT2D eigenvalue weighted by Gasteiger charge is -2.04. The third kappa shape index (κ3) is 2.78. The van der Waals surface area contributed by atoms with Crippen LogP contribution in [0.15, 0.2) is 30.9 Å². The van der Waals surface area contributed by atoms with E-state index in [9.17, 15) is 9.18 Å². The van der Waals surface area contributed by atoms with Crippen LogP contribution in [0, 0.1) is 5.82 Å². The van der Waals surface area contributed by atoms with Gasteiger partial charge in [0.15, 0.2) is 0 Å². The first-order valence-corrected chi connectivity index (χ1v) is 4.20. The number of aldehydes is 1. The Morgan fingerprint density at radius 1 is 1.50 bits per heavy atom. The van der Waals surface area contributed by atoms with Gasteiger partial charge in [-0.05, 0) is 23.8 Å². The van der Waals surface area contributed by atoms with Crippen molar-refractivity contribution in [2.75, 3.05) is 6.61 Å². The molecule has 0 aliphatic carbocycles. The molecule has 0 atom stereocenters. The van der Waals surface area contributed by atoms with Crippen LogP contribution in [-0.4, -0.2) is 12.9 Å². The predicted molar refractivity (Wildman–Crippen MR) is 51.6 cm³/mol. The van der Waals surface area contributed by atoms with Crippen molar-refractivity contribution in [3.05, 3.63) is 47.8 Å². The van der Waals surface area contributed by atoms with E-state index in [1.54, 1.807) is 6.08 Å². The van der Waals surface area contributed by atoms with E-state index in [4.69, 9.17) is 4.74 Å². The fourth-order valence-corrected chi connectivity index (χ4v) is 1.07. The van der Waals surface area contributed by atoms with Gasteiger partial charge in [-0.1, -0.05) is 6.08 Å².